The van der Waals surface area contributed by atoms with Gasteiger partial charge in [0.15, 0.2) is 0 Å². The first-order chi connectivity index (χ1) is 11.0. The summed E-state index contributed by atoms with van der Waals surface area (Å²) in [5, 5.41) is 3.35. The number of nitrogens with one attached hydrogen (secondary N) is 1. The molecule has 0 aliphatic rings. The van der Waals surface area contributed by atoms with Gasteiger partial charge < -0.3 is 14.6 Å². The summed E-state index contributed by atoms with van der Waals surface area (Å²) in [6.45, 7) is 7.81. The van der Waals surface area contributed by atoms with Crippen molar-refractivity contribution in [3.8, 4) is 0 Å². The Kier molecular flexibility index (Phi) is 5.21. The molecule has 1 heterocycles. The summed E-state index contributed by atoms with van der Waals surface area (Å²) in [5.74, 6) is -0.263. The van der Waals surface area contributed by atoms with Crippen molar-refractivity contribution in [2.45, 2.75) is 20.8 Å². The lowest BCUT2D eigenvalue weighted by Crippen LogP contribution is -2.21. The Bertz CT molecular complexity index is 802. The van der Waals surface area contributed by atoms with Gasteiger partial charge in [-0.15, -0.1) is 0 Å². The number of nitrogens with zero attached hydrogens (tertiary/aromatic N) is 1. The second-order valence-corrected chi connectivity index (χ2v) is 5.23. The highest BCUT2D eigenvalue weighted by Gasteiger charge is 2.11. The van der Waals surface area contributed by atoms with Gasteiger partial charge in [0.25, 0.3) is 0 Å². The Morgan fingerprint density at radius 3 is 2.61 bits per heavy atom. The molecule has 0 atom stereocenters. The van der Waals surface area contributed by atoms with E-state index in [-0.39, 0.29) is 5.91 Å². The Balaban J connectivity index is 2.56. The van der Waals surface area contributed by atoms with E-state index in [0.717, 1.165) is 29.7 Å². The van der Waals surface area contributed by atoms with Crippen LogP contribution in [-0.4, -0.2) is 26.0 Å². The van der Waals surface area contributed by atoms with Crippen LogP contribution in [0.25, 0.3) is 17.0 Å². The van der Waals surface area contributed by atoms with Gasteiger partial charge >= 0.3 is 5.63 Å². The van der Waals surface area contributed by atoms with E-state index in [2.05, 4.69) is 24.1 Å². The van der Waals surface area contributed by atoms with Crippen molar-refractivity contribution in [3.05, 3.63) is 45.8 Å². The third-order valence-corrected chi connectivity index (χ3v) is 3.97. The van der Waals surface area contributed by atoms with Crippen molar-refractivity contribution in [2.75, 3.05) is 25.0 Å². The Hall–Kier alpha value is -2.56. The van der Waals surface area contributed by atoms with E-state index < -0.39 is 5.63 Å². The van der Waals surface area contributed by atoms with Crippen molar-refractivity contribution < 1.29 is 9.21 Å². The fourth-order valence-corrected chi connectivity index (χ4v) is 2.58. The number of likely N-dealkylation sites (N-methyl/N-ethyl adjacent to an activating group) is 1. The quantitative estimate of drug-likeness (QED) is 0.681. The van der Waals surface area contributed by atoms with Gasteiger partial charge in [-0.25, -0.2) is 4.79 Å². The molecule has 0 saturated heterocycles. The minimum Gasteiger partial charge on any atom is -0.422 e. The molecule has 0 unspecified atom stereocenters. The first-order valence-electron chi connectivity index (χ1n) is 7.74. The molecule has 0 bridgehead atoms. The molecule has 2 rings (SSSR count). The molecule has 0 spiro atoms. The molecule has 122 valence electrons. The molecular weight excluding hydrogens is 292 g/mol. The van der Waals surface area contributed by atoms with Gasteiger partial charge in [0.05, 0.1) is 5.56 Å². The standard InChI is InChI=1S/C18H22N2O3/c1-5-20(6-2)13-7-8-14-12(3)15(9-10-17(21)19-4)18(22)23-16(14)11-13/h7-11H,5-6H2,1-4H3,(H,19,21)/b10-9+. The average molecular weight is 314 g/mol. The van der Waals surface area contributed by atoms with E-state index in [0.29, 0.717) is 11.1 Å². The van der Waals surface area contributed by atoms with E-state index in [1.54, 1.807) is 0 Å². The summed E-state index contributed by atoms with van der Waals surface area (Å²) in [6.07, 6.45) is 2.83. The zero-order valence-electron chi connectivity index (χ0n) is 14.0. The number of hydrogen-bond donors (Lipinski definition) is 1. The zero-order valence-corrected chi connectivity index (χ0v) is 14.0. The second kappa shape index (κ2) is 7.13. The summed E-state index contributed by atoms with van der Waals surface area (Å²) in [4.78, 5) is 25.7. The van der Waals surface area contributed by atoms with Crippen LogP contribution in [0, 0.1) is 6.92 Å². The minimum absolute atomic E-state index is 0.263. The Morgan fingerprint density at radius 1 is 1.30 bits per heavy atom. The van der Waals surface area contributed by atoms with Crippen LogP contribution in [0.2, 0.25) is 0 Å². The summed E-state index contributed by atoms with van der Waals surface area (Å²) in [6, 6.07) is 5.87. The summed E-state index contributed by atoms with van der Waals surface area (Å²) in [7, 11) is 1.54. The number of fused-ring (bicyclic) bond motifs is 1. The summed E-state index contributed by atoms with van der Waals surface area (Å²) < 4.78 is 5.45. The van der Waals surface area contributed by atoms with Crippen molar-refractivity contribution in [3.63, 3.8) is 0 Å². The maximum absolute atomic E-state index is 12.2. The number of carbonyl (C=O) groups excluding carboxylic acids is 1. The van der Waals surface area contributed by atoms with Crippen LogP contribution >= 0.6 is 0 Å². The topological polar surface area (TPSA) is 62.6 Å². The van der Waals surface area contributed by atoms with Gasteiger partial charge in [0.1, 0.15) is 5.58 Å². The molecule has 0 saturated carbocycles. The van der Waals surface area contributed by atoms with Crippen LogP contribution in [0.15, 0.2) is 33.5 Å². The van der Waals surface area contributed by atoms with Crippen molar-refractivity contribution in [2.24, 2.45) is 0 Å². The molecule has 0 aliphatic heterocycles. The lowest BCUT2D eigenvalue weighted by molar-refractivity contribution is -0.115. The molecule has 1 aromatic heterocycles. The molecule has 5 heteroatoms. The highest BCUT2D eigenvalue weighted by molar-refractivity contribution is 5.93. The highest BCUT2D eigenvalue weighted by atomic mass is 16.4. The summed E-state index contributed by atoms with van der Waals surface area (Å²) >= 11 is 0. The number of benzene rings is 1. The zero-order chi connectivity index (χ0) is 17.0. The number of carbonyl (C=O) groups is 1. The number of hydrogen-bond acceptors (Lipinski definition) is 4. The molecule has 1 N–H and O–H groups in total. The average Bonchev–Trinajstić information content (AvgIpc) is 2.55. The number of aryl methyl sites for hydroxylation is 1. The first kappa shape index (κ1) is 16.8. The van der Waals surface area contributed by atoms with Crippen LogP contribution in [0.4, 0.5) is 5.69 Å². The van der Waals surface area contributed by atoms with Crippen LogP contribution < -0.4 is 15.8 Å². The number of anilines is 1. The normalized spacial score (nSPS) is 11.1. The molecule has 23 heavy (non-hydrogen) atoms. The van der Waals surface area contributed by atoms with Crippen molar-refractivity contribution >= 4 is 28.6 Å². The van der Waals surface area contributed by atoms with Crippen LogP contribution in [-0.2, 0) is 4.79 Å². The van der Waals surface area contributed by atoms with E-state index in [9.17, 15) is 9.59 Å². The fourth-order valence-electron chi connectivity index (χ4n) is 2.58. The van der Waals surface area contributed by atoms with Crippen LogP contribution in [0.1, 0.15) is 25.0 Å². The monoisotopic (exact) mass is 314 g/mol. The molecule has 0 aliphatic carbocycles. The van der Waals surface area contributed by atoms with E-state index >= 15 is 0 Å². The van der Waals surface area contributed by atoms with Gasteiger partial charge in [-0.05, 0) is 44.5 Å². The third-order valence-electron chi connectivity index (χ3n) is 3.97. The maximum Gasteiger partial charge on any atom is 0.343 e. The molecule has 2 aromatic rings. The first-order valence-corrected chi connectivity index (χ1v) is 7.74. The second-order valence-electron chi connectivity index (χ2n) is 5.23. The molecule has 1 aromatic carbocycles. The molecule has 0 radical (unpaired) electrons. The highest BCUT2D eigenvalue weighted by Crippen LogP contribution is 2.25. The van der Waals surface area contributed by atoms with Gasteiger partial charge in [-0.3, -0.25) is 4.79 Å². The van der Waals surface area contributed by atoms with Gasteiger partial charge in [0.2, 0.25) is 5.91 Å². The van der Waals surface area contributed by atoms with E-state index in [4.69, 9.17) is 4.42 Å². The smallest absolute Gasteiger partial charge is 0.343 e. The number of rotatable bonds is 5. The number of amides is 1. The minimum atomic E-state index is -0.438. The molecular formula is C18H22N2O3. The van der Waals surface area contributed by atoms with E-state index in [1.165, 1.54) is 19.2 Å². The Labute approximate surface area is 135 Å². The van der Waals surface area contributed by atoms with Gasteiger partial charge in [-0.1, -0.05) is 0 Å². The van der Waals surface area contributed by atoms with E-state index in [1.807, 2.05) is 25.1 Å². The molecule has 5 nitrogen and oxygen atoms in total. The van der Waals surface area contributed by atoms with Crippen LogP contribution in [0.3, 0.4) is 0 Å². The summed E-state index contributed by atoms with van der Waals surface area (Å²) in [5.41, 5.74) is 2.36. The third kappa shape index (κ3) is 3.44. The van der Waals surface area contributed by atoms with Crippen LogP contribution in [0.5, 0.6) is 0 Å². The SMILES string of the molecule is CCN(CC)c1ccc2c(C)c(/C=C/C(=O)NC)c(=O)oc2c1. The molecule has 1 amide bonds. The lowest BCUT2D eigenvalue weighted by atomic mass is 10.0. The van der Waals surface area contributed by atoms with Crippen molar-refractivity contribution in [1.29, 1.82) is 0 Å². The predicted octanol–water partition coefficient (Wildman–Crippen LogP) is 2.71. The maximum atomic E-state index is 12.2. The molecule has 0 fully saturated rings. The largest absolute Gasteiger partial charge is 0.422 e. The predicted molar refractivity (Wildman–Crippen MR) is 93.9 cm³/mol. The van der Waals surface area contributed by atoms with Gasteiger partial charge in [0, 0.05) is 43.4 Å². The lowest BCUT2D eigenvalue weighted by Gasteiger charge is -2.21. The fraction of sp³-hybridized carbons (Fsp3) is 0.333. The van der Waals surface area contributed by atoms with Crippen molar-refractivity contribution in [1.82, 2.24) is 5.32 Å². The Morgan fingerprint density at radius 2 is 2.00 bits per heavy atom. The van der Waals surface area contributed by atoms with Gasteiger partial charge in [-0.2, -0.15) is 0 Å².